The number of hydrogen-bond acceptors (Lipinski definition) is 6. The first-order chi connectivity index (χ1) is 13.6. The van der Waals surface area contributed by atoms with Crippen molar-refractivity contribution >= 4 is 44.9 Å². The Hall–Kier alpha value is -2.78. The lowest BCUT2D eigenvalue weighted by Crippen LogP contribution is -2.45. The molecule has 8 nitrogen and oxygen atoms in total. The molecule has 0 heterocycles. The fraction of sp³-hybridized carbons (Fsp3) is 0.263. The molecule has 29 heavy (non-hydrogen) atoms. The Labute approximate surface area is 174 Å². The standard InChI is InChI=1S/C19H21ClN2O6S/c1-12(18(23)21-15-8-6-5-7-14(15)19(24)28-3)22(29(4,25)26)16-11-13(20)9-10-17(16)27-2/h5-12H,1-4H3,(H,21,23)/t12-/m0/s1. The zero-order valence-electron chi connectivity index (χ0n) is 16.3. The smallest absolute Gasteiger partial charge is 0.339 e. The zero-order valence-corrected chi connectivity index (χ0v) is 17.9. The third-order valence-electron chi connectivity index (χ3n) is 4.06. The van der Waals surface area contributed by atoms with Gasteiger partial charge in [0, 0.05) is 5.02 Å². The molecular weight excluding hydrogens is 420 g/mol. The zero-order chi connectivity index (χ0) is 21.8. The fourth-order valence-electron chi connectivity index (χ4n) is 2.73. The van der Waals surface area contributed by atoms with Crippen LogP contribution in [0, 0.1) is 0 Å². The highest BCUT2D eigenvalue weighted by Gasteiger charge is 2.32. The maximum atomic E-state index is 12.9. The molecule has 0 radical (unpaired) electrons. The second-order valence-electron chi connectivity index (χ2n) is 6.08. The lowest BCUT2D eigenvalue weighted by atomic mass is 10.1. The average molecular weight is 441 g/mol. The molecule has 0 saturated carbocycles. The van der Waals surface area contributed by atoms with Gasteiger partial charge in [-0.15, -0.1) is 0 Å². The number of carbonyl (C=O) groups is 2. The minimum absolute atomic E-state index is 0.117. The van der Waals surface area contributed by atoms with E-state index < -0.39 is 27.9 Å². The van der Waals surface area contributed by atoms with Gasteiger partial charge in [0.1, 0.15) is 11.8 Å². The van der Waals surface area contributed by atoms with Crippen molar-refractivity contribution in [1.82, 2.24) is 0 Å². The molecule has 2 rings (SSSR count). The van der Waals surface area contributed by atoms with Gasteiger partial charge in [0.05, 0.1) is 37.4 Å². The number of anilines is 2. The number of rotatable bonds is 7. The second kappa shape index (κ2) is 9.15. The molecule has 0 bridgehead atoms. The number of benzene rings is 2. The van der Waals surface area contributed by atoms with Crippen LogP contribution in [0.2, 0.25) is 5.02 Å². The molecule has 2 aromatic rings. The molecule has 0 aliphatic carbocycles. The summed E-state index contributed by atoms with van der Waals surface area (Å²) in [7, 11) is -1.29. The summed E-state index contributed by atoms with van der Waals surface area (Å²) < 4.78 is 35.9. The van der Waals surface area contributed by atoms with E-state index in [2.05, 4.69) is 5.32 Å². The van der Waals surface area contributed by atoms with Crippen molar-refractivity contribution in [3.8, 4) is 5.75 Å². The van der Waals surface area contributed by atoms with Gasteiger partial charge in [-0.2, -0.15) is 0 Å². The van der Waals surface area contributed by atoms with Crippen LogP contribution in [-0.2, 0) is 19.6 Å². The van der Waals surface area contributed by atoms with Crippen LogP contribution < -0.4 is 14.4 Å². The highest BCUT2D eigenvalue weighted by Crippen LogP contribution is 2.34. The number of nitrogens with one attached hydrogen (secondary N) is 1. The molecule has 2 aromatic carbocycles. The van der Waals surface area contributed by atoms with Crippen LogP contribution in [0.15, 0.2) is 42.5 Å². The van der Waals surface area contributed by atoms with Gasteiger partial charge in [-0.05, 0) is 37.3 Å². The minimum atomic E-state index is -3.89. The van der Waals surface area contributed by atoms with Crippen LogP contribution in [-0.4, -0.2) is 46.8 Å². The Balaban J connectivity index is 2.44. The first-order valence-corrected chi connectivity index (χ1v) is 10.6. The largest absolute Gasteiger partial charge is 0.495 e. The van der Waals surface area contributed by atoms with E-state index in [4.69, 9.17) is 21.1 Å². The van der Waals surface area contributed by atoms with E-state index in [0.717, 1.165) is 10.6 Å². The van der Waals surface area contributed by atoms with Crippen LogP contribution >= 0.6 is 11.6 Å². The first-order valence-electron chi connectivity index (χ1n) is 8.41. The number of sulfonamides is 1. The third kappa shape index (κ3) is 5.18. The van der Waals surface area contributed by atoms with Gasteiger partial charge in [-0.25, -0.2) is 13.2 Å². The SMILES string of the molecule is COC(=O)c1ccccc1NC(=O)[C@H](C)N(c1cc(Cl)ccc1OC)S(C)(=O)=O. The first kappa shape index (κ1) is 22.5. The normalized spacial score (nSPS) is 12.0. The fourth-order valence-corrected chi connectivity index (χ4v) is 4.07. The number of ether oxygens (including phenoxy) is 2. The molecule has 0 aliphatic heterocycles. The van der Waals surface area contributed by atoms with Gasteiger partial charge in [0.2, 0.25) is 15.9 Å². The predicted molar refractivity (Wildman–Crippen MR) is 111 cm³/mol. The van der Waals surface area contributed by atoms with Crippen LogP contribution in [0.5, 0.6) is 5.75 Å². The summed E-state index contributed by atoms with van der Waals surface area (Å²) in [6, 6.07) is 9.51. The van der Waals surface area contributed by atoms with Crippen LogP contribution in [0.4, 0.5) is 11.4 Å². The lowest BCUT2D eigenvalue weighted by Gasteiger charge is -2.29. The van der Waals surface area contributed by atoms with Crippen LogP contribution in [0.1, 0.15) is 17.3 Å². The monoisotopic (exact) mass is 440 g/mol. The Morgan fingerprint density at radius 2 is 1.79 bits per heavy atom. The molecule has 0 unspecified atom stereocenters. The number of para-hydroxylation sites is 1. The Kier molecular flexibility index (Phi) is 7.10. The van der Waals surface area contributed by atoms with Crippen molar-refractivity contribution < 1.29 is 27.5 Å². The number of nitrogens with zero attached hydrogens (tertiary/aromatic N) is 1. The molecule has 1 N–H and O–H groups in total. The van der Waals surface area contributed by atoms with Gasteiger partial charge < -0.3 is 14.8 Å². The third-order valence-corrected chi connectivity index (χ3v) is 5.52. The molecule has 156 valence electrons. The van der Waals surface area contributed by atoms with E-state index in [1.165, 1.54) is 45.4 Å². The van der Waals surface area contributed by atoms with Crippen molar-refractivity contribution in [3.05, 3.63) is 53.1 Å². The molecule has 10 heteroatoms. The number of esters is 1. The van der Waals surface area contributed by atoms with Crippen LogP contribution in [0.25, 0.3) is 0 Å². The van der Waals surface area contributed by atoms with Crippen molar-refractivity contribution in [2.75, 3.05) is 30.1 Å². The lowest BCUT2D eigenvalue weighted by molar-refractivity contribution is -0.116. The summed E-state index contributed by atoms with van der Waals surface area (Å²) in [6.45, 7) is 1.41. The molecule has 0 saturated heterocycles. The number of halogens is 1. The topological polar surface area (TPSA) is 102 Å². The summed E-state index contributed by atoms with van der Waals surface area (Å²) >= 11 is 6.02. The van der Waals surface area contributed by atoms with E-state index >= 15 is 0 Å². The molecule has 1 amide bonds. The molecule has 0 aliphatic rings. The van der Waals surface area contributed by atoms with Crippen molar-refractivity contribution in [1.29, 1.82) is 0 Å². The predicted octanol–water partition coefficient (Wildman–Crippen LogP) is 2.93. The Morgan fingerprint density at radius 1 is 1.14 bits per heavy atom. The van der Waals surface area contributed by atoms with Crippen molar-refractivity contribution in [2.45, 2.75) is 13.0 Å². The van der Waals surface area contributed by atoms with Gasteiger partial charge in [-0.3, -0.25) is 9.10 Å². The number of amides is 1. The van der Waals surface area contributed by atoms with E-state index in [0.29, 0.717) is 0 Å². The molecule has 0 spiro atoms. The summed E-state index contributed by atoms with van der Waals surface area (Å²) in [5.41, 5.74) is 0.455. The number of carbonyl (C=O) groups excluding carboxylic acids is 2. The molecule has 0 aromatic heterocycles. The van der Waals surface area contributed by atoms with Gasteiger partial charge in [-0.1, -0.05) is 23.7 Å². The molecule has 1 atom stereocenters. The van der Waals surface area contributed by atoms with Crippen molar-refractivity contribution in [2.24, 2.45) is 0 Å². The summed E-state index contributed by atoms with van der Waals surface area (Å²) in [5, 5.41) is 2.86. The quantitative estimate of drug-likeness (QED) is 0.664. The Bertz CT molecular complexity index is 1030. The van der Waals surface area contributed by atoms with E-state index in [-0.39, 0.29) is 27.7 Å². The Morgan fingerprint density at radius 3 is 2.38 bits per heavy atom. The summed E-state index contributed by atoms with van der Waals surface area (Å²) in [4.78, 5) is 24.8. The van der Waals surface area contributed by atoms with Gasteiger partial charge in [0.15, 0.2) is 0 Å². The average Bonchev–Trinajstić information content (AvgIpc) is 2.67. The number of hydrogen-bond donors (Lipinski definition) is 1. The van der Waals surface area contributed by atoms with Crippen molar-refractivity contribution in [3.63, 3.8) is 0 Å². The second-order valence-corrected chi connectivity index (χ2v) is 8.37. The highest BCUT2D eigenvalue weighted by molar-refractivity contribution is 7.92. The molecule has 0 fully saturated rings. The summed E-state index contributed by atoms with van der Waals surface area (Å²) in [5.74, 6) is -1.06. The van der Waals surface area contributed by atoms with E-state index in [9.17, 15) is 18.0 Å². The maximum Gasteiger partial charge on any atom is 0.339 e. The maximum absolute atomic E-state index is 12.9. The van der Waals surface area contributed by atoms with E-state index in [1.54, 1.807) is 18.2 Å². The summed E-state index contributed by atoms with van der Waals surface area (Å²) in [6.07, 6.45) is 0.972. The van der Waals surface area contributed by atoms with Gasteiger partial charge >= 0.3 is 5.97 Å². The minimum Gasteiger partial charge on any atom is -0.495 e. The van der Waals surface area contributed by atoms with Gasteiger partial charge in [0.25, 0.3) is 0 Å². The number of methoxy groups -OCH3 is 2. The van der Waals surface area contributed by atoms with Crippen LogP contribution in [0.3, 0.4) is 0 Å². The van der Waals surface area contributed by atoms with E-state index in [1.807, 2.05) is 0 Å². The highest BCUT2D eigenvalue weighted by atomic mass is 35.5. The molecular formula is C19H21ClN2O6S.